The quantitative estimate of drug-likeness (QED) is 0.652. The molecule has 0 amide bonds. The van der Waals surface area contributed by atoms with Crippen LogP contribution in [0, 0.1) is 12.7 Å². The average Bonchev–Trinajstić information content (AvgIpc) is 2.53. The molecule has 0 aliphatic carbocycles. The van der Waals surface area contributed by atoms with Crippen LogP contribution in [0.5, 0.6) is 0 Å². The first-order valence-corrected chi connectivity index (χ1v) is 4.02. The Bertz CT molecular complexity index is 403. The molecule has 1 aromatic carbocycles. The standard InChI is InChI=1S/C10H9FN2/c1-8-6-13(7-12-8)10-4-2-9(11)3-5-10/h2-7H,1H3. The van der Waals surface area contributed by atoms with E-state index in [9.17, 15) is 4.39 Å². The van der Waals surface area contributed by atoms with Crippen molar-refractivity contribution in [3.63, 3.8) is 0 Å². The van der Waals surface area contributed by atoms with Gasteiger partial charge in [-0.2, -0.15) is 0 Å². The Morgan fingerprint density at radius 2 is 1.92 bits per heavy atom. The fourth-order valence-electron chi connectivity index (χ4n) is 1.18. The Morgan fingerprint density at radius 3 is 2.46 bits per heavy atom. The van der Waals surface area contributed by atoms with Crippen molar-refractivity contribution in [3.05, 3.63) is 48.3 Å². The van der Waals surface area contributed by atoms with E-state index < -0.39 is 0 Å². The van der Waals surface area contributed by atoms with Crippen molar-refractivity contribution in [2.75, 3.05) is 0 Å². The molecule has 66 valence electrons. The summed E-state index contributed by atoms with van der Waals surface area (Å²) in [6.07, 6.45) is 3.61. The van der Waals surface area contributed by atoms with Crippen molar-refractivity contribution in [2.45, 2.75) is 6.92 Å². The molecule has 3 heteroatoms. The molecule has 0 saturated carbocycles. The zero-order valence-corrected chi connectivity index (χ0v) is 7.24. The van der Waals surface area contributed by atoms with Gasteiger partial charge in [-0.15, -0.1) is 0 Å². The lowest BCUT2D eigenvalue weighted by atomic mass is 10.3. The number of rotatable bonds is 1. The predicted octanol–water partition coefficient (Wildman–Crippen LogP) is 2.32. The molecule has 1 aromatic heterocycles. The summed E-state index contributed by atoms with van der Waals surface area (Å²) in [5.41, 5.74) is 1.87. The summed E-state index contributed by atoms with van der Waals surface area (Å²) < 4.78 is 14.4. The predicted molar refractivity (Wildman–Crippen MR) is 48.3 cm³/mol. The molecule has 0 bridgehead atoms. The highest BCUT2D eigenvalue weighted by Crippen LogP contribution is 2.08. The van der Waals surface area contributed by atoms with E-state index in [1.165, 1.54) is 12.1 Å². The molecule has 0 N–H and O–H groups in total. The van der Waals surface area contributed by atoms with Gasteiger partial charge in [-0.25, -0.2) is 9.37 Å². The lowest BCUT2D eigenvalue weighted by molar-refractivity contribution is 0.627. The fraction of sp³-hybridized carbons (Fsp3) is 0.100. The van der Waals surface area contributed by atoms with Crippen LogP contribution in [0.15, 0.2) is 36.8 Å². The van der Waals surface area contributed by atoms with Crippen molar-refractivity contribution in [3.8, 4) is 5.69 Å². The van der Waals surface area contributed by atoms with Gasteiger partial charge in [-0.3, -0.25) is 0 Å². The van der Waals surface area contributed by atoms with Crippen molar-refractivity contribution < 1.29 is 4.39 Å². The van der Waals surface area contributed by atoms with Gasteiger partial charge in [0.15, 0.2) is 0 Å². The molecule has 2 nitrogen and oxygen atoms in total. The first kappa shape index (κ1) is 7.98. The van der Waals surface area contributed by atoms with Crippen LogP contribution in [0.4, 0.5) is 4.39 Å². The Balaban J connectivity index is 2.41. The second-order valence-electron chi connectivity index (χ2n) is 2.90. The number of nitrogens with zero attached hydrogens (tertiary/aromatic N) is 2. The van der Waals surface area contributed by atoms with E-state index in [1.54, 1.807) is 18.5 Å². The smallest absolute Gasteiger partial charge is 0.123 e. The maximum Gasteiger partial charge on any atom is 0.123 e. The van der Waals surface area contributed by atoms with E-state index >= 15 is 0 Å². The Hall–Kier alpha value is -1.64. The number of halogens is 1. The summed E-state index contributed by atoms with van der Waals surface area (Å²) in [5, 5.41) is 0. The van der Waals surface area contributed by atoms with Crippen LogP contribution in [0.25, 0.3) is 5.69 Å². The second kappa shape index (κ2) is 3.01. The molecule has 13 heavy (non-hydrogen) atoms. The Morgan fingerprint density at radius 1 is 1.23 bits per heavy atom. The van der Waals surface area contributed by atoms with E-state index in [-0.39, 0.29) is 5.82 Å². The van der Waals surface area contributed by atoms with Gasteiger partial charge >= 0.3 is 0 Å². The highest BCUT2D eigenvalue weighted by Gasteiger charge is 1.96. The monoisotopic (exact) mass is 176 g/mol. The van der Waals surface area contributed by atoms with Crippen molar-refractivity contribution >= 4 is 0 Å². The zero-order chi connectivity index (χ0) is 9.26. The number of benzene rings is 1. The van der Waals surface area contributed by atoms with Crippen LogP contribution in [0.2, 0.25) is 0 Å². The Kier molecular flexibility index (Phi) is 1.85. The first-order valence-electron chi connectivity index (χ1n) is 4.02. The van der Waals surface area contributed by atoms with Gasteiger partial charge < -0.3 is 4.57 Å². The summed E-state index contributed by atoms with van der Waals surface area (Å²) in [6.45, 7) is 1.92. The largest absolute Gasteiger partial charge is 0.306 e. The maximum atomic E-state index is 12.6. The van der Waals surface area contributed by atoms with Gasteiger partial charge in [0.2, 0.25) is 0 Å². The molecule has 0 fully saturated rings. The number of aryl methyl sites for hydroxylation is 1. The third-order valence-electron chi connectivity index (χ3n) is 1.84. The first-order chi connectivity index (χ1) is 6.25. The summed E-state index contributed by atoms with van der Waals surface area (Å²) in [5.74, 6) is -0.222. The van der Waals surface area contributed by atoms with E-state index in [0.29, 0.717) is 0 Å². The minimum atomic E-state index is -0.222. The van der Waals surface area contributed by atoms with Crippen LogP contribution < -0.4 is 0 Å². The molecule has 0 saturated heterocycles. The summed E-state index contributed by atoms with van der Waals surface area (Å²) in [7, 11) is 0. The molecular weight excluding hydrogens is 167 g/mol. The summed E-state index contributed by atoms with van der Waals surface area (Å²) in [4.78, 5) is 4.08. The highest BCUT2D eigenvalue weighted by atomic mass is 19.1. The number of imidazole rings is 1. The van der Waals surface area contributed by atoms with Crippen LogP contribution in [-0.4, -0.2) is 9.55 Å². The third kappa shape index (κ3) is 1.59. The van der Waals surface area contributed by atoms with Gasteiger partial charge in [-0.1, -0.05) is 0 Å². The average molecular weight is 176 g/mol. The molecule has 0 aliphatic rings. The normalized spacial score (nSPS) is 10.3. The maximum absolute atomic E-state index is 12.6. The van der Waals surface area contributed by atoms with Gasteiger partial charge in [0.1, 0.15) is 5.82 Å². The summed E-state index contributed by atoms with van der Waals surface area (Å²) >= 11 is 0. The number of aromatic nitrogens is 2. The zero-order valence-electron chi connectivity index (χ0n) is 7.24. The Labute approximate surface area is 75.7 Å². The van der Waals surface area contributed by atoms with Crippen molar-refractivity contribution in [1.29, 1.82) is 0 Å². The van der Waals surface area contributed by atoms with E-state index in [2.05, 4.69) is 4.98 Å². The van der Waals surface area contributed by atoms with E-state index in [0.717, 1.165) is 11.4 Å². The lowest BCUT2D eigenvalue weighted by Crippen LogP contribution is -1.89. The number of hydrogen-bond acceptors (Lipinski definition) is 1. The van der Waals surface area contributed by atoms with Crippen LogP contribution >= 0.6 is 0 Å². The molecule has 0 radical (unpaired) electrons. The molecule has 0 aliphatic heterocycles. The minimum Gasteiger partial charge on any atom is -0.306 e. The van der Waals surface area contributed by atoms with Gasteiger partial charge in [0.25, 0.3) is 0 Å². The van der Waals surface area contributed by atoms with Crippen LogP contribution in [-0.2, 0) is 0 Å². The van der Waals surface area contributed by atoms with E-state index in [1.807, 2.05) is 17.7 Å². The molecule has 0 unspecified atom stereocenters. The highest BCUT2D eigenvalue weighted by molar-refractivity contribution is 5.32. The van der Waals surface area contributed by atoms with Gasteiger partial charge in [-0.05, 0) is 31.2 Å². The minimum absolute atomic E-state index is 0.222. The molecular formula is C10H9FN2. The molecule has 0 spiro atoms. The van der Waals surface area contributed by atoms with Crippen molar-refractivity contribution in [2.24, 2.45) is 0 Å². The van der Waals surface area contributed by atoms with Gasteiger partial charge in [0, 0.05) is 11.9 Å². The summed E-state index contributed by atoms with van der Waals surface area (Å²) in [6, 6.07) is 6.31. The SMILES string of the molecule is Cc1cn(-c2ccc(F)cc2)cn1. The topological polar surface area (TPSA) is 17.8 Å². The van der Waals surface area contributed by atoms with Crippen LogP contribution in [0.1, 0.15) is 5.69 Å². The fourth-order valence-corrected chi connectivity index (χ4v) is 1.18. The molecule has 1 heterocycles. The lowest BCUT2D eigenvalue weighted by Gasteiger charge is -1.99. The number of hydrogen-bond donors (Lipinski definition) is 0. The van der Waals surface area contributed by atoms with Crippen LogP contribution in [0.3, 0.4) is 0 Å². The molecule has 2 rings (SSSR count). The third-order valence-corrected chi connectivity index (χ3v) is 1.84. The van der Waals surface area contributed by atoms with E-state index in [4.69, 9.17) is 0 Å². The molecule has 2 aromatic rings. The second-order valence-corrected chi connectivity index (χ2v) is 2.90. The molecule has 0 atom stereocenters. The van der Waals surface area contributed by atoms with Crippen molar-refractivity contribution in [1.82, 2.24) is 9.55 Å². The van der Waals surface area contributed by atoms with Gasteiger partial charge in [0.05, 0.1) is 12.0 Å².